The fourth-order valence-electron chi connectivity index (χ4n) is 1.38. The molecule has 0 unspecified atom stereocenters. The van der Waals surface area contributed by atoms with Crippen LogP contribution in [0.5, 0.6) is 0 Å². The summed E-state index contributed by atoms with van der Waals surface area (Å²) >= 11 is 11.8. The minimum absolute atomic E-state index is 0.626. The van der Waals surface area contributed by atoms with Crippen molar-refractivity contribution < 1.29 is 0 Å². The van der Waals surface area contributed by atoms with Crippen LogP contribution in [0.25, 0.3) is 0 Å². The molecule has 0 spiro atoms. The first-order valence-electron chi connectivity index (χ1n) is 4.72. The molecule has 0 atom stereocenters. The van der Waals surface area contributed by atoms with Gasteiger partial charge in [0.15, 0.2) is 0 Å². The zero-order valence-corrected chi connectivity index (χ0v) is 9.57. The Morgan fingerprint density at radius 1 is 1.40 bits per heavy atom. The lowest BCUT2D eigenvalue weighted by Crippen LogP contribution is -2.26. The number of nitrogens with zero attached hydrogens (tertiary/aromatic N) is 1. The van der Waals surface area contributed by atoms with E-state index in [0.717, 1.165) is 24.6 Å². The normalized spacial score (nSPS) is 14.7. The van der Waals surface area contributed by atoms with Crippen molar-refractivity contribution in [2.24, 2.45) is 4.99 Å². The SMILES string of the molecule is Clc1ccc(NCC2=NCCN2)c(Cl)c1. The van der Waals surface area contributed by atoms with E-state index in [1.54, 1.807) is 12.1 Å². The van der Waals surface area contributed by atoms with Gasteiger partial charge in [-0.3, -0.25) is 4.99 Å². The van der Waals surface area contributed by atoms with Gasteiger partial charge in [0.2, 0.25) is 0 Å². The molecule has 1 heterocycles. The Balaban J connectivity index is 1.98. The molecule has 2 rings (SSSR count). The van der Waals surface area contributed by atoms with Gasteiger partial charge in [0.25, 0.3) is 0 Å². The van der Waals surface area contributed by atoms with Crippen LogP contribution in [-0.2, 0) is 0 Å². The summed E-state index contributed by atoms with van der Waals surface area (Å²) in [5.41, 5.74) is 0.873. The van der Waals surface area contributed by atoms with Gasteiger partial charge in [-0.15, -0.1) is 0 Å². The summed E-state index contributed by atoms with van der Waals surface area (Å²) in [6.45, 7) is 2.44. The molecule has 1 aromatic carbocycles. The van der Waals surface area contributed by atoms with E-state index >= 15 is 0 Å². The zero-order chi connectivity index (χ0) is 10.7. The molecular formula is C10H11Cl2N3. The highest BCUT2D eigenvalue weighted by Gasteiger charge is 2.05. The summed E-state index contributed by atoms with van der Waals surface area (Å²) < 4.78 is 0. The molecule has 0 saturated carbocycles. The Hall–Kier alpha value is -0.930. The average molecular weight is 244 g/mol. The first-order chi connectivity index (χ1) is 7.25. The van der Waals surface area contributed by atoms with Crippen LogP contribution in [0.1, 0.15) is 0 Å². The van der Waals surface area contributed by atoms with Crippen molar-refractivity contribution in [3.05, 3.63) is 28.2 Å². The summed E-state index contributed by atoms with van der Waals surface area (Å²) in [5.74, 6) is 0.973. The minimum atomic E-state index is 0.626. The average Bonchev–Trinajstić information content (AvgIpc) is 2.69. The molecule has 0 fully saturated rings. The first kappa shape index (κ1) is 10.6. The van der Waals surface area contributed by atoms with Crippen molar-refractivity contribution in [3.8, 4) is 0 Å². The number of amidine groups is 1. The van der Waals surface area contributed by atoms with E-state index in [1.807, 2.05) is 6.07 Å². The van der Waals surface area contributed by atoms with Crippen LogP contribution in [0.2, 0.25) is 10.0 Å². The highest BCUT2D eigenvalue weighted by Crippen LogP contribution is 2.24. The number of aliphatic imine (C=N–C) groups is 1. The Morgan fingerprint density at radius 3 is 2.93 bits per heavy atom. The summed E-state index contributed by atoms with van der Waals surface area (Å²) in [7, 11) is 0. The molecule has 0 aromatic heterocycles. The molecule has 0 bridgehead atoms. The van der Waals surface area contributed by atoms with Gasteiger partial charge < -0.3 is 10.6 Å². The molecule has 0 amide bonds. The molecule has 0 saturated heterocycles. The molecule has 2 N–H and O–H groups in total. The highest BCUT2D eigenvalue weighted by atomic mass is 35.5. The Labute approximate surface area is 98.5 Å². The minimum Gasteiger partial charge on any atom is -0.377 e. The van der Waals surface area contributed by atoms with Crippen molar-refractivity contribution in [1.29, 1.82) is 0 Å². The van der Waals surface area contributed by atoms with E-state index in [-0.39, 0.29) is 0 Å². The van der Waals surface area contributed by atoms with Crippen molar-refractivity contribution in [2.45, 2.75) is 0 Å². The number of halogens is 2. The maximum absolute atomic E-state index is 6.01. The van der Waals surface area contributed by atoms with E-state index in [9.17, 15) is 0 Å². The molecule has 1 aromatic rings. The van der Waals surface area contributed by atoms with Crippen LogP contribution < -0.4 is 10.6 Å². The van der Waals surface area contributed by atoms with Crippen LogP contribution in [0.3, 0.4) is 0 Å². The standard InChI is InChI=1S/C10H11Cl2N3/c11-7-1-2-9(8(12)5-7)15-6-10-13-3-4-14-10/h1-2,5,15H,3-4,6H2,(H,13,14). The quantitative estimate of drug-likeness (QED) is 0.856. The van der Waals surface area contributed by atoms with Gasteiger partial charge in [-0.25, -0.2) is 0 Å². The monoisotopic (exact) mass is 243 g/mol. The third-order valence-electron chi connectivity index (χ3n) is 2.12. The maximum atomic E-state index is 6.01. The fourth-order valence-corrected chi connectivity index (χ4v) is 1.85. The molecule has 5 heteroatoms. The molecule has 1 aliphatic rings. The maximum Gasteiger partial charge on any atom is 0.116 e. The lowest BCUT2D eigenvalue weighted by molar-refractivity contribution is 0.956. The van der Waals surface area contributed by atoms with Crippen LogP contribution in [-0.4, -0.2) is 25.5 Å². The van der Waals surface area contributed by atoms with Gasteiger partial charge in [0, 0.05) is 11.6 Å². The number of nitrogens with one attached hydrogen (secondary N) is 2. The van der Waals surface area contributed by atoms with Crippen LogP contribution in [0.15, 0.2) is 23.2 Å². The first-order valence-corrected chi connectivity index (χ1v) is 5.47. The largest absolute Gasteiger partial charge is 0.377 e. The van der Waals surface area contributed by atoms with E-state index in [4.69, 9.17) is 23.2 Å². The third kappa shape index (κ3) is 2.76. The van der Waals surface area contributed by atoms with Gasteiger partial charge in [-0.1, -0.05) is 23.2 Å². The molecule has 0 radical (unpaired) electrons. The summed E-state index contributed by atoms with van der Waals surface area (Å²) in [5, 5.41) is 7.64. The predicted octanol–water partition coefficient (Wildman–Crippen LogP) is 2.41. The number of rotatable bonds is 3. The zero-order valence-electron chi connectivity index (χ0n) is 8.06. The van der Waals surface area contributed by atoms with Crippen LogP contribution >= 0.6 is 23.2 Å². The molecular weight excluding hydrogens is 233 g/mol. The van der Waals surface area contributed by atoms with Gasteiger partial charge in [0.1, 0.15) is 5.84 Å². The van der Waals surface area contributed by atoms with Gasteiger partial charge in [0.05, 0.1) is 23.8 Å². The van der Waals surface area contributed by atoms with E-state index in [2.05, 4.69) is 15.6 Å². The second kappa shape index (κ2) is 4.73. The molecule has 1 aliphatic heterocycles. The number of anilines is 1. The predicted molar refractivity (Wildman–Crippen MR) is 65.3 cm³/mol. The number of hydrogen-bond donors (Lipinski definition) is 2. The number of hydrogen-bond acceptors (Lipinski definition) is 3. The summed E-state index contributed by atoms with van der Waals surface area (Å²) in [6.07, 6.45) is 0. The Kier molecular flexibility index (Phi) is 3.34. The molecule has 3 nitrogen and oxygen atoms in total. The Morgan fingerprint density at radius 2 is 2.27 bits per heavy atom. The van der Waals surface area contributed by atoms with Crippen molar-refractivity contribution in [2.75, 3.05) is 25.0 Å². The molecule has 0 aliphatic carbocycles. The highest BCUT2D eigenvalue weighted by molar-refractivity contribution is 6.36. The van der Waals surface area contributed by atoms with Crippen molar-refractivity contribution in [1.82, 2.24) is 5.32 Å². The Bertz CT molecular complexity index is 390. The molecule has 80 valence electrons. The van der Waals surface area contributed by atoms with E-state index < -0.39 is 0 Å². The van der Waals surface area contributed by atoms with Crippen LogP contribution in [0, 0.1) is 0 Å². The van der Waals surface area contributed by atoms with Gasteiger partial charge in [-0.2, -0.15) is 0 Å². The third-order valence-corrected chi connectivity index (χ3v) is 2.67. The van der Waals surface area contributed by atoms with Gasteiger partial charge >= 0.3 is 0 Å². The smallest absolute Gasteiger partial charge is 0.116 e. The van der Waals surface area contributed by atoms with Gasteiger partial charge in [-0.05, 0) is 18.2 Å². The summed E-state index contributed by atoms with van der Waals surface area (Å²) in [4.78, 5) is 4.27. The summed E-state index contributed by atoms with van der Waals surface area (Å²) in [6, 6.07) is 5.38. The second-order valence-corrected chi connectivity index (χ2v) is 4.08. The number of benzene rings is 1. The fraction of sp³-hybridized carbons (Fsp3) is 0.300. The molecule has 15 heavy (non-hydrogen) atoms. The van der Waals surface area contributed by atoms with Crippen molar-refractivity contribution >= 4 is 34.7 Å². The van der Waals surface area contributed by atoms with E-state index in [0.29, 0.717) is 16.6 Å². The van der Waals surface area contributed by atoms with E-state index in [1.165, 1.54) is 0 Å². The second-order valence-electron chi connectivity index (χ2n) is 3.23. The lowest BCUT2D eigenvalue weighted by Gasteiger charge is -2.08. The van der Waals surface area contributed by atoms with Crippen LogP contribution in [0.4, 0.5) is 5.69 Å². The lowest BCUT2D eigenvalue weighted by atomic mass is 10.3. The topological polar surface area (TPSA) is 36.4 Å². The van der Waals surface area contributed by atoms with Crippen molar-refractivity contribution in [3.63, 3.8) is 0 Å².